The summed E-state index contributed by atoms with van der Waals surface area (Å²) in [5.41, 5.74) is 0.440. The van der Waals surface area contributed by atoms with Crippen molar-refractivity contribution in [2.45, 2.75) is 13.8 Å². The maximum absolute atomic E-state index is 11.3. The molecule has 0 atom stereocenters. The molecule has 1 aromatic rings. The molecule has 0 aliphatic heterocycles. The van der Waals surface area contributed by atoms with Crippen LogP contribution >= 0.6 is 11.6 Å². The van der Waals surface area contributed by atoms with E-state index in [0.717, 1.165) is 0 Å². The predicted octanol–water partition coefficient (Wildman–Crippen LogP) is 3.25. The van der Waals surface area contributed by atoms with E-state index in [1.54, 1.807) is 6.07 Å². The third-order valence-electron chi connectivity index (χ3n) is 1.74. The standard InChI is InChI=1S/C11H14ClNO3/c1-7(2)6-16-11(15)13-8-3-4-9(12)10(14)5-8/h3-5,7,14H,6H2,1-2H3,(H,13,15). The third kappa shape index (κ3) is 3.98. The van der Waals surface area contributed by atoms with Crippen molar-refractivity contribution in [2.75, 3.05) is 11.9 Å². The number of hydrogen-bond acceptors (Lipinski definition) is 3. The van der Waals surface area contributed by atoms with Gasteiger partial charge in [-0.3, -0.25) is 5.32 Å². The van der Waals surface area contributed by atoms with Crippen molar-refractivity contribution in [3.05, 3.63) is 23.2 Å². The lowest BCUT2D eigenvalue weighted by molar-refractivity contribution is 0.147. The molecule has 0 radical (unpaired) electrons. The van der Waals surface area contributed by atoms with Crippen LogP contribution in [-0.4, -0.2) is 17.8 Å². The number of anilines is 1. The smallest absolute Gasteiger partial charge is 0.411 e. The minimum absolute atomic E-state index is 0.0803. The van der Waals surface area contributed by atoms with Gasteiger partial charge < -0.3 is 9.84 Å². The van der Waals surface area contributed by atoms with Gasteiger partial charge in [0.05, 0.1) is 11.6 Å². The van der Waals surface area contributed by atoms with Gasteiger partial charge in [0.25, 0.3) is 0 Å². The average Bonchev–Trinajstić information content (AvgIpc) is 2.21. The van der Waals surface area contributed by atoms with Crippen LogP contribution in [0.5, 0.6) is 5.75 Å². The molecule has 0 aliphatic rings. The summed E-state index contributed by atoms with van der Waals surface area (Å²) in [7, 11) is 0. The molecular weight excluding hydrogens is 230 g/mol. The Morgan fingerprint density at radius 3 is 2.81 bits per heavy atom. The number of phenols is 1. The summed E-state index contributed by atoms with van der Waals surface area (Å²) >= 11 is 5.63. The Morgan fingerprint density at radius 1 is 1.56 bits per heavy atom. The van der Waals surface area contributed by atoms with Crippen LogP contribution in [0, 0.1) is 5.92 Å². The van der Waals surface area contributed by atoms with E-state index in [2.05, 4.69) is 5.32 Å². The van der Waals surface area contributed by atoms with Crippen LogP contribution < -0.4 is 5.32 Å². The lowest BCUT2D eigenvalue weighted by atomic mass is 10.2. The zero-order valence-corrected chi connectivity index (χ0v) is 9.91. The van der Waals surface area contributed by atoms with Gasteiger partial charge in [0.1, 0.15) is 5.75 Å². The van der Waals surface area contributed by atoms with Gasteiger partial charge in [-0.2, -0.15) is 0 Å². The third-order valence-corrected chi connectivity index (χ3v) is 2.06. The van der Waals surface area contributed by atoms with E-state index >= 15 is 0 Å². The Kier molecular flexibility index (Phi) is 4.43. The summed E-state index contributed by atoms with van der Waals surface area (Å²) in [6.07, 6.45) is -0.546. The largest absolute Gasteiger partial charge is 0.506 e. The van der Waals surface area contributed by atoms with Gasteiger partial charge in [-0.05, 0) is 18.1 Å². The van der Waals surface area contributed by atoms with Crippen molar-refractivity contribution >= 4 is 23.4 Å². The van der Waals surface area contributed by atoms with Crippen LogP contribution in [0.25, 0.3) is 0 Å². The summed E-state index contributed by atoms with van der Waals surface area (Å²) in [6.45, 7) is 4.24. The van der Waals surface area contributed by atoms with Crippen molar-refractivity contribution in [3.63, 3.8) is 0 Å². The van der Waals surface area contributed by atoms with Gasteiger partial charge >= 0.3 is 6.09 Å². The maximum Gasteiger partial charge on any atom is 0.411 e. The van der Waals surface area contributed by atoms with Gasteiger partial charge in [-0.25, -0.2) is 4.79 Å². The minimum Gasteiger partial charge on any atom is -0.506 e. The van der Waals surface area contributed by atoms with Crippen LogP contribution in [0.1, 0.15) is 13.8 Å². The number of ether oxygens (including phenoxy) is 1. The molecular formula is C11H14ClNO3. The van der Waals surface area contributed by atoms with E-state index in [1.807, 2.05) is 13.8 Å². The zero-order valence-electron chi connectivity index (χ0n) is 9.16. The van der Waals surface area contributed by atoms with Gasteiger partial charge in [-0.15, -0.1) is 0 Å². The molecule has 1 aromatic carbocycles. The molecule has 0 spiro atoms. The molecule has 1 amide bonds. The Morgan fingerprint density at radius 2 is 2.25 bits per heavy atom. The Hall–Kier alpha value is -1.42. The van der Waals surface area contributed by atoms with Crippen molar-refractivity contribution < 1.29 is 14.6 Å². The molecule has 16 heavy (non-hydrogen) atoms. The van der Waals surface area contributed by atoms with Gasteiger partial charge in [0, 0.05) is 11.8 Å². The predicted molar refractivity (Wildman–Crippen MR) is 62.9 cm³/mol. The van der Waals surface area contributed by atoms with Gasteiger partial charge in [0.15, 0.2) is 0 Å². The highest BCUT2D eigenvalue weighted by Crippen LogP contribution is 2.26. The van der Waals surface area contributed by atoms with Crippen molar-refractivity contribution in [1.82, 2.24) is 0 Å². The monoisotopic (exact) mass is 243 g/mol. The van der Waals surface area contributed by atoms with E-state index in [9.17, 15) is 9.90 Å². The lowest BCUT2D eigenvalue weighted by Crippen LogP contribution is -2.16. The molecule has 4 nitrogen and oxygen atoms in total. The number of phenolic OH excluding ortho intramolecular Hbond substituents is 1. The number of hydrogen-bond donors (Lipinski definition) is 2. The fourth-order valence-electron chi connectivity index (χ4n) is 0.987. The summed E-state index contributed by atoms with van der Waals surface area (Å²) in [6, 6.07) is 4.44. The normalized spacial score (nSPS) is 10.2. The number of rotatable bonds is 3. The molecule has 1 rings (SSSR count). The first-order valence-corrected chi connectivity index (χ1v) is 5.29. The molecule has 0 bridgehead atoms. The number of carbonyl (C=O) groups is 1. The molecule has 88 valence electrons. The molecule has 0 unspecified atom stereocenters. The zero-order chi connectivity index (χ0) is 12.1. The lowest BCUT2D eigenvalue weighted by Gasteiger charge is -2.09. The molecule has 0 saturated heterocycles. The van der Waals surface area contributed by atoms with Gasteiger partial charge in [-0.1, -0.05) is 25.4 Å². The minimum atomic E-state index is -0.546. The van der Waals surface area contributed by atoms with Crippen LogP contribution in [-0.2, 0) is 4.74 Å². The number of aromatic hydroxyl groups is 1. The number of carbonyl (C=O) groups excluding carboxylic acids is 1. The second kappa shape index (κ2) is 5.61. The maximum atomic E-state index is 11.3. The van der Waals surface area contributed by atoms with E-state index in [1.165, 1.54) is 12.1 Å². The van der Waals surface area contributed by atoms with E-state index in [4.69, 9.17) is 16.3 Å². The summed E-state index contributed by atoms with van der Waals surface area (Å²) in [5, 5.41) is 12.0. The second-order valence-corrected chi connectivity index (χ2v) is 4.19. The quantitative estimate of drug-likeness (QED) is 0.857. The van der Waals surface area contributed by atoms with Crippen molar-refractivity contribution in [2.24, 2.45) is 5.92 Å². The number of halogens is 1. The van der Waals surface area contributed by atoms with E-state index < -0.39 is 6.09 Å². The summed E-state index contributed by atoms with van der Waals surface area (Å²) in [4.78, 5) is 11.3. The van der Waals surface area contributed by atoms with Crippen molar-refractivity contribution in [3.8, 4) is 5.75 Å². The SMILES string of the molecule is CC(C)COC(=O)Nc1ccc(Cl)c(O)c1. The summed E-state index contributed by atoms with van der Waals surface area (Å²) < 4.78 is 4.91. The second-order valence-electron chi connectivity index (χ2n) is 3.78. The van der Waals surface area contributed by atoms with Crippen LogP contribution in [0.15, 0.2) is 18.2 Å². The van der Waals surface area contributed by atoms with Crippen LogP contribution in [0.2, 0.25) is 5.02 Å². The van der Waals surface area contributed by atoms with Crippen molar-refractivity contribution in [1.29, 1.82) is 0 Å². The Balaban J connectivity index is 2.53. The first-order chi connectivity index (χ1) is 7.49. The number of amides is 1. The molecule has 0 aromatic heterocycles. The molecule has 0 aliphatic carbocycles. The highest BCUT2D eigenvalue weighted by atomic mass is 35.5. The molecule has 5 heteroatoms. The first kappa shape index (κ1) is 12.6. The molecule has 0 heterocycles. The fourth-order valence-corrected chi connectivity index (χ4v) is 1.10. The Bertz CT molecular complexity index is 379. The van der Waals surface area contributed by atoms with Gasteiger partial charge in [0.2, 0.25) is 0 Å². The molecule has 0 saturated carbocycles. The first-order valence-electron chi connectivity index (χ1n) is 4.91. The number of benzene rings is 1. The van der Waals surface area contributed by atoms with Crippen LogP contribution in [0.3, 0.4) is 0 Å². The number of nitrogens with one attached hydrogen (secondary N) is 1. The molecule has 2 N–H and O–H groups in total. The summed E-state index contributed by atoms with van der Waals surface area (Å²) in [5.74, 6) is 0.202. The fraction of sp³-hybridized carbons (Fsp3) is 0.364. The topological polar surface area (TPSA) is 58.6 Å². The Labute approximate surface area is 99.2 Å². The van der Waals surface area contributed by atoms with E-state index in [-0.39, 0.29) is 16.7 Å². The van der Waals surface area contributed by atoms with Crippen LogP contribution in [0.4, 0.5) is 10.5 Å². The average molecular weight is 244 g/mol. The highest BCUT2D eigenvalue weighted by Gasteiger charge is 2.06. The highest BCUT2D eigenvalue weighted by molar-refractivity contribution is 6.32. The van der Waals surface area contributed by atoms with E-state index in [0.29, 0.717) is 12.3 Å². The molecule has 0 fully saturated rings.